The monoisotopic (exact) mass is 410 g/mol. The van der Waals surface area contributed by atoms with Crippen LogP contribution in [0.15, 0.2) is 53.9 Å². The Balaban J connectivity index is 1.53. The maximum Gasteiger partial charge on any atom is 0.338 e. The summed E-state index contributed by atoms with van der Waals surface area (Å²) >= 11 is 1.32. The molecular formula is C22H22N2O4S. The SMILES string of the molecule is CCc1ccc(-c2csc(NC(=O)COC(=O)c3cccc(COC)c3)n2)cc1. The van der Waals surface area contributed by atoms with Gasteiger partial charge in [0.25, 0.3) is 5.91 Å². The minimum atomic E-state index is -0.561. The molecule has 29 heavy (non-hydrogen) atoms. The third kappa shape index (κ3) is 5.73. The minimum Gasteiger partial charge on any atom is -0.452 e. The van der Waals surface area contributed by atoms with E-state index in [0.29, 0.717) is 17.3 Å². The van der Waals surface area contributed by atoms with Crippen molar-refractivity contribution in [3.8, 4) is 11.3 Å². The van der Waals surface area contributed by atoms with Gasteiger partial charge in [0.1, 0.15) is 0 Å². The van der Waals surface area contributed by atoms with Gasteiger partial charge in [-0.2, -0.15) is 0 Å². The molecule has 1 amide bonds. The Labute approximate surface area is 173 Å². The molecule has 0 radical (unpaired) electrons. The number of carbonyl (C=O) groups excluding carboxylic acids is 2. The lowest BCUT2D eigenvalue weighted by Crippen LogP contribution is -2.20. The number of thiazole rings is 1. The molecule has 0 saturated carbocycles. The van der Waals surface area contributed by atoms with E-state index in [1.165, 1.54) is 16.9 Å². The van der Waals surface area contributed by atoms with Gasteiger partial charge in [0.05, 0.1) is 17.9 Å². The minimum absolute atomic E-state index is 0.374. The fourth-order valence-electron chi connectivity index (χ4n) is 2.70. The number of methoxy groups -OCH3 is 1. The average Bonchev–Trinajstić information content (AvgIpc) is 3.21. The quantitative estimate of drug-likeness (QED) is 0.560. The third-order valence-electron chi connectivity index (χ3n) is 4.22. The number of hydrogen-bond acceptors (Lipinski definition) is 6. The zero-order valence-electron chi connectivity index (χ0n) is 16.3. The van der Waals surface area contributed by atoms with Gasteiger partial charge in [-0.15, -0.1) is 11.3 Å². The van der Waals surface area contributed by atoms with Gasteiger partial charge in [-0.3, -0.25) is 10.1 Å². The largest absolute Gasteiger partial charge is 0.452 e. The first-order chi connectivity index (χ1) is 14.1. The second kappa shape index (κ2) is 9.95. The van der Waals surface area contributed by atoms with Crippen LogP contribution in [0, 0.1) is 0 Å². The molecule has 0 saturated heterocycles. The first-order valence-corrected chi connectivity index (χ1v) is 10.1. The summed E-state index contributed by atoms with van der Waals surface area (Å²) in [7, 11) is 1.58. The Morgan fingerprint density at radius 3 is 2.62 bits per heavy atom. The molecular weight excluding hydrogens is 388 g/mol. The van der Waals surface area contributed by atoms with Gasteiger partial charge in [0.15, 0.2) is 11.7 Å². The lowest BCUT2D eigenvalue weighted by molar-refractivity contribution is -0.119. The van der Waals surface area contributed by atoms with Gasteiger partial charge in [0.2, 0.25) is 0 Å². The van der Waals surface area contributed by atoms with Crippen molar-refractivity contribution in [3.05, 3.63) is 70.6 Å². The second-order valence-corrected chi connectivity index (χ2v) is 7.20. The van der Waals surface area contributed by atoms with Crippen molar-refractivity contribution in [1.29, 1.82) is 0 Å². The van der Waals surface area contributed by atoms with Crippen LogP contribution >= 0.6 is 11.3 Å². The van der Waals surface area contributed by atoms with Gasteiger partial charge in [-0.25, -0.2) is 9.78 Å². The van der Waals surface area contributed by atoms with Gasteiger partial charge in [-0.05, 0) is 29.7 Å². The summed E-state index contributed by atoms with van der Waals surface area (Å²) in [6, 6.07) is 15.1. The van der Waals surface area contributed by atoms with E-state index in [9.17, 15) is 9.59 Å². The van der Waals surface area contributed by atoms with Crippen LogP contribution in [0.1, 0.15) is 28.4 Å². The summed E-state index contributed by atoms with van der Waals surface area (Å²) < 4.78 is 10.1. The van der Waals surface area contributed by atoms with Gasteiger partial charge in [0, 0.05) is 18.1 Å². The molecule has 0 aliphatic heterocycles. The molecule has 1 N–H and O–H groups in total. The summed E-state index contributed by atoms with van der Waals surface area (Å²) in [4.78, 5) is 28.7. The van der Waals surface area contributed by atoms with Gasteiger partial charge >= 0.3 is 5.97 Å². The molecule has 6 nitrogen and oxygen atoms in total. The van der Waals surface area contributed by atoms with E-state index in [4.69, 9.17) is 9.47 Å². The number of nitrogens with one attached hydrogen (secondary N) is 1. The first-order valence-electron chi connectivity index (χ1n) is 9.18. The summed E-state index contributed by atoms with van der Waals surface area (Å²) in [6.45, 7) is 2.12. The molecule has 0 bridgehead atoms. The van der Waals surface area contributed by atoms with E-state index in [1.807, 2.05) is 23.6 Å². The van der Waals surface area contributed by atoms with Crippen LogP contribution in [-0.2, 0) is 27.3 Å². The topological polar surface area (TPSA) is 77.5 Å². The number of aryl methyl sites for hydroxylation is 1. The Bertz CT molecular complexity index is 982. The van der Waals surface area contributed by atoms with Crippen molar-refractivity contribution in [2.75, 3.05) is 19.0 Å². The van der Waals surface area contributed by atoms with Crippen molar-refractivity contribution < 1.29 is 19.1 Å². The van der Waals surface area contributed by atoms with Crippen molar-refractivity contribution in [2.24, 2.45) is 0 Å². The van der Waals surface area contributed by atoms with Crippen LogP contribution < -0.4 is 5.32 Å². The summed E-state index contributed by atoms with van der Waals surface area (Å²) in [6.07, 6.45) is 0.980. The number of anilines is 1. The predicted octanol–water partition coefficient (Wildman–Crippen LogP) is 4.31. The summed E-state index contributed by atoms with van der Waals surface area (Å²) in [5.41, 5.74) is 4.27. The highest BCUT2D eigenvalue weighted by Crippen LogP contribution is 2.25. The number of esters is 1. The van der Waals surface area contributed by atoms with Crippen LogP contribution in [0.4, 0.5) is 5.13 Å². The fraction of sp³-hybridized carbons (Fsp3) is 0.227. The normalized spacial score (nSPS) is 10.6. The fourth-order valence-corrected chi connectivity index (χ4v) is 3.44. The Morgan fingerprint density at radius 2 is 1.90 bits per heavy atom. The summed E-state index contributed by atoms with van der Waals surface area (Å²) in [5, 5.41) is 5.00. The van der Waals surface area contributed by atoms with Crippen LogP contribution in [-0.4, -0.2) is 30.6 Å². The number of amides is 1. The van der Waals surface area contributed by atoms with E-state index < -0.39 is 11.9 Å². The lowest BCUT2D eigenvalue weighted by Gasteiger charge is -2.06. The van der Waals surface area contributed by atoms with Crippen LogP contribution in [0.2, 0.25) is 0 Å². The molecule has 0 unspecified atom stereocenters. The van der Waals surface area contributed by atoms with Crippen LogP contribution in [0.5, 0.6) is 0 Å². The van der Waals surface area contributed by atoms with Crippen LogP contribution in [0.3, 0.4) is 0 Å². The van der Waals surface area contributed by atoms with E-state index in [2.05, 4.69) is 29.4 Å². The molecule has 3 rings (SSSR count). The van der Waals surface area contributed by atoms with E-state index >= 15 is 0 Å². The number of hydrogen-bond donors (Lipinski definition) is 1. The molecule has 3 aromatic rings. The standard InChI is InChI=1S/C22H22N2O4S/c1-3-15-7-9-17(10-8-15)19-14-29-22(23-19)24-20(25)13-28-21(26)18-6-4-5-16(11-18)12-27-2/h4-11,14H,3,12-13H2,1-2H3,(H,23,24,25). The molecule has 0 aliphatic carbocycles. The predicted molar refractivity (Wildman–Crippen MR) is 113 cm³/mol. The highest BCUT2D eigenvalue weighted by molar-refractivity contribution is 7.14. The zero-order chi connectivity index (χ0) is 20.6. The van der Waals surface area contributed by atoms with Gasteiger partial charge < -0.3 is 9.47 Å². The first kappa shape index (κ1) is 20.7. The number of aromatic nitrogens is 1. The number of nitrogens with zero attached hydrogens (tertiary/aromatic N) is 1. The summed E-state index contributed by atoms with van der Waals surface area (Å²) in [5.74, 6) is -0.998. The highest BCUT2D eigenvalue weighted by Gasteiger charge is 2.13. The van der Waals surface area contributed by atoms with Crippen LogP contribution in [0.25, 0.3) is 11.3 Å². The number of rotatable bonds is 8. The third-order valence-corrected chi connectivity index (χ3v) is 4.97. The highest BCUT2D eigenvalue weighted by atomic mass is 32.1. The molecule has 150 valence electrons. The Morgan fingerprint density at radius 1 is 1.10 bits per heavy atom. The smallest absolute Gasteiger partial charge is 0.338 e. The maximum absolute atomic E-state index is 12.1. The van der Waals surface area contributed by atoms with Crippen molar-refractivity contribution >= 4 is 28.3 Å². The van der Waals surface area contributed by atoms with E-state index in [-0.39, 0.29) is 6.61 Å². The molecule has 1 heterocycles. The molecule has 0 fully saturated rings. The maximum atomic E-state index is 12.1. The molecule has 2 aromatic carbocycles. The molecule has 0 spiro atoms. The van der Waals surface area contributed by atoms with Crippen molar-refractivity contribution in [1.82, 2.24) is 4.98 Å². The van der Waals surface area contributed by atoms with Crippen molar-refractivity contribution in [3.63, 3.8) is 0 Å². The Kier molecular flexibility index (Phi) is 7.10. The molecule has 0 aliphatic rings. The van der Waals surface area contributed by atoms with Gasteiger partial charge in [-0.1, -0.05) is 43.3 Å². The lowest BCUT2D eigenvalue weighted by atomic mass is 10.1. The second-order valence-electron chi connectivity index (χ2n) is 6.35. The van der Waals surface area contributed by atoms with Crippen molar-refractivity contribution in [2.45, 2.75) is 20.0 Å². The zero-order valence-corrected chi connectivity index (χ0v) is 17.1. The molecule has 7 heteroatoms. The Hall–Kier alpha value is -3.03. The van der Waals surface area contributed by atoms with E-state index in [0.717, 1.165) is 23.2 Å². The number of benzene rings is 2. The molecule has 1 aromatic heterocycles. The average molecular weight is 410 g/mol. The number of carbonyl (C=O) groups is 2. The van der Waals surface area contributed by atoms with E-state index in [1.54, 1.807) is 25.3 Å². The molecule has 0 atom stereocenters. The number of ether oxygens (including phenoxy) is 2.